The minimum atomic E-state index is -0.397. The average Bonchev–Trinajstić information content (AvgIpc) is 3.09. The molecule has 2 aromatic heterocycles. The zero-order valence-electron chi connectivity index (χ0n) is 11.2. The van der Waals surface area contributed by atoms with Gasteiger partial charge in [0.15, 0.2) is 0 Å². The largest absolute Gasteiger partial charge is 0.339 e. The monoisotopic (exact) mass is 276 g/mol. The molecule has 0 bridgehead atoms. The van der Waals surface area contributed by atoms with E-state index in [-0.39, 0.29) is 5.82 Å². The lowest BCUT2D eigenvalue weighted by atomic mass is 10.1. The first-order valence-electron chi connectivity index (χ1n) is 6.59. The van der Waals surface area contributed by atoms with E-state index >= 15 is 0 Å². The fourth-order valence-corrected chi connectivity index (χ4v) is 2.25. The van der Waals surface area contributed by atoms with Crippen molar-refractivity contribution in [3.63, 3.8) is 0 Å². The number of carbonyl (C=O) groups excluding carboxylic acids is 1. The van der Waals surface area contributed by atoms with Gasteiger partial charge in [-0.05, 0) is 25.9 Å². The Morgan fingerprint density at radius 3 is 3.00 bits per heavy atom. The van der Waals surface area contributed by atoms with Crippen LogP contribution in [0.3, 0.4) is 0 Å². The van der Waals surface area contributed by atoms with Crippen LogP contribution < -0.4 is 10.6 Å². The van der Waals surface area contributed by atoms with Crippen LogP contribution in [0, 0.1) is 6.92 Å². The maximum atomic E-state index is 11.9. The molecule has 20 heavy (non-hydrogen) atoms. The van der Waals surface area contributed by atoms with Gasteiger partial charge in [-0.15, -0.1) is 0 Å². The van der Waals surface area contributed by atoms with Gasteiger partial charge in [0.2, 0.25) is 5.89 Å². The molecule has 1 fully saturated rings. The van der Waals surface area contributed by atoms with E-state index in [4.69, 9.17) is 4.52 Å². The number of hydrogen-bond donors (Lipinski definition) is 2. The summed E-state index contributed by atoms with van der Waals surface area (Å²) in [6, 6.07) is 0.384. The third kappa shape index (κ3) is 2.69. The van der Waals surface area contributed by atoms with Gasteiger partial charge in [-0.1, -0.05) is 5.16 Å². The van der Waals surface area contributed by atoms with E-state index in [0.717, 1.165) is 25.9 Å². The van der Waals surface area contributed by atoms with Crippen LogP contribution in [0.25, 0.3) is 0 Å². The van der Waals surface area contributed by atoms with E-state index in [9.17, 15) is 4.79 Å². The number of hydrogen-bond acceptors (Lipinski definition) is 6. The minimum absolute atomic E-state index is 0.0251. The molecule has 106 valence electrons. The van der Waals surface area contributed by atoms with E-state index < -0.39 is 5.91 Å². The molecule has 0 atom stereocenters. The third-order valence-electron chi connectivity index (χ3n) is 3.27. The zero-order chi connectivity index (χ0) is 13.9. The third-order valence-corrected chi connectivity index (χ3v) is 3.27. The van der Waals surface area contributed by atoms with Crippen molar-refractivity contribution in [1.29, 1.82) is 0 Å². The fourth-order valence-electron chi connectivity index (χ4n) is 2.25. The molecule has 8 nitrogen and oxygen atoms in total. The molecule has 0 saturated carbocycles. The Hall–Kier alpha value is -2.22. The lowest BCUT2D eigenvalue weighted by Crippen LogP contribution is -2.29. The molecular weight excluding hydrogens is 260 g/mol. The normalized spacial score (nSPS) is 16.2. The maximum absolute atomic E-state index is 11.9. The summed E-state index contributed by atoms with van der Waals surface area (Å²) in [7, 11) is 0. The van der Waals surface area contributed by atoms with Crippen LogP contribution >= 0.6 is 0 Å². The Balaban J connectivity index is 1.66. The molecule has 0 aromatic carbocycles. The van der Waals surface area contributed by atoms with Crippen LogP contribution in [0.5, 0.6) is 0 Å². The Kier molecular flexibility index (Phi) is 3.46. The van der Waals surface area contributed by atoms with Crippen LogP contribution in [0.2, 0.25) is 0 Å². The topological polar surface area (TPSA) is 97.9 Å². The lowest BCUT2D eigenvalue weighted by Gasteiger charge is -2.22. The molecule has 2 aromatic rings. The van der Waals surface area contributed by atoms with E-state index in [1.807, 2.05) is 10.9 Å². The van der Waals surface area contributed by atoms with Gasteiger partial charge in [0, 0.05) is 13.1 Å². The second kappa shape index (κ2) is 5.41. The van der Waals surface area contributed by atoms with E-state index in [1.54, 1.807) is 13.1 Å². The van der Waals surface area contributed by atoms with Crippen LogP contribution in [0.1, 0.15) is 35.4 Å². The number of rotatable bonds is 3. The molecule has 3 heterocycles. The zero-order valence-corrected chi connectivity index (χ0v) is 11.2. The average molecular weight is 276 g/mol. The molecule has 1 aliphatic rings. The smallest absolute Gasteiger partial charge is 0.297 e. The standard InChI is InChI=1S/C12H16N6O2/c1-8-15-11(17-20-8)12(19)16-9-6-14-18(7-9)10-2-4-13-5-3-10/h6-7,10,13H,2-5H2,1H3,(H,16,19). The van der Waals surface area contributed by atoms with Crippen molar-refractivity contribution >= 4 is 11.6 Å². The highest BCUT2D eigenvalue weighted by Gasteiger charge is 2.17. The highest BCUT2D eigenvalue weighted by atomic mass is 16.5. The minimum Gasteiger partial charge on any atom is -0.339 e. The molecule has 0 spiro atoms. The number of carbonyl (C=O) groups is 1. The molecule has 0 aliphatic carbocycles. The molecule has 0 radical (unpaired) electrons. The number of nitrogens with one attached hydrogen (secondary N) is 2. The van der Waals surface area contributed by atoms with Crippen LogP contribution in [0.4, 0.5) is 5.69 Å². The molecular formula is C12H16N6O2. The maximum Gasteiger partial charge on any atom is 0.297 e. The van der Waals surface area contributed by atoms with Crippen LogP contribution in [-0.2, 0) is 0 Å². The van der Waals surface area contributed by atoms with Gasteiger partial charge in [0.1, 0.15) is 0 Å². The van der Waals surface area contributed by atoms with Crippen LogP contribution in [-0.4, -0.2) is 38.9 Å². The number of anilines is 1. The number of amides is 1. The summed E-state index contributed by atoms with van der Waals surface area (Å²) >= 11 is 0. The lowest BCUT2D eigenvalue weighted by molar-refractivity contribution is 0.101. The summed E-state index contributed by atoms with van der Waals surface area (Å²) in [4.78, 5) is 15.7. The number of nitrogens with zero attached hydrogens (tertiary/aromatic N) is 4. The summed E-state index contributed by atoms with van der Waals surface area (Å²) in [5.41, 5.74) is 0.635. The Morgan fingerprint density at radius 2 is 2.30 bits per heavy atom. The van der Waals surface area contributed by atoms with Gasteiger partial charge in [-0.3, -0.25) is 9.48 Å². The summed E-state index contributed by atoms with van der Waals surface area (Å²) in [6.07, 6.45) is 5.55. The number of aryl methyl sites for hydroxylation is 1. The number of aromatic nitrogens is 4. The SMILES string of the molecule is Cc1nc(C(=O)Nc2cnn(C3CCNCC3)c2)no1. The van der Waals surface area contributed by atoms with Crippen molar-refractivity contribution in [3.05, 3.63) is 24.1 Å². The van der Waals surface area contributed by atoms with Gasteiger partial charge in [-0.25, -0.2) is 0 Å². The van der Waals surface area contributed by atoms with Crippen molar-refractivity contribution in [3.8, 4) is 0 Å². The second-order valence-electron chi connectivity index (χ2n) is 4.78. The first-order valence-corrected chi connectivity index (χ1v) is 6.59. The van der Waals surface area contributed by atoms with Crippen LogP contribution in [0.15, 0.2) is 16.9 Å². The summed E-state index contributed by atoms with van der Waals surface area (Å²) in [6.45, 7) is 3.63. The Labute approximate surface area is 115 Å². The van der Waals surface area contributed by atoms with E-state index in [1.165, 1.54) is 0 Å². The molecule has 1 aliphatic heterocycles. The predicted octanol–water partition coefficient (Wildman–Crippen LogP) is 0.751. The van der Waals surface area contributed by atoms with E-state index in [2.05, 4.69) is 25.9 Å². The number of piperidine rings is 1. The van der Waals surface area contributed by atoms with Crippen molar-refractivity contribution in [2.45, 2.75) is 25.8 Å². The van der Waals surface area contributed by atoms with Crippen molar-refractivity contribution in [2.24, 2.45) is 0 Å². The summed E-state index contributed by atoms with van der Waals surface area (Å²) in [5, 5.41) is 13.9. The first-order chi connectivity index (χ1) is 9.72. The summed E-state index contributed by atoms with van der Waals surface area (Å²) in [5.74, 6) is -0.00984. The van der Waals surface area contributed by atoms with Crippen molar-refractivity contribution < 1.29 is 9.32 Å². The highest BCUT2D eigenvalue weighted by Crippen LogP contribution is 2.19. The Bertz CT molecular complexity index is 599. The van der Waals surface area contributed by atoms with Gasteiger partial charge in [0.25, 0.3) is 11.7 Å². The van der Waals surface area contributed by atoms with E-state index in [0.29, 0.717) is 17.6 Å². The van der Waals surface area contributed by atoms with Crippen molar-refractivity contribution in [1.82, 2.24) is 25.2 Å². The molecule has 1 saturated heterocycles. The second-order valence-corrected chi connectivity index (χ2v) is 4.78. The molecule has 2 N–H and O–H groups in total. The molecule has 8 heteroatoms. The van der Waals surface area contributed by atoms with Gasteiger partial charge in [0.05, 0.1) is 17.9 Å². The highest BCUT2D eigenvalue weighted by molar-refractivity contribution is 6.01. The quantitative estimate of drug-likeness (QED) is 0.858. The molecule has 0 unspecified atom stereocenters. The Morgan fingerprint density at radius 1 is 1.50 bits per heavy atom. The van der Waals surface area contributed by atoms with Gasteiger partial charge in [-0.2, -0.15) is 10.1 Å². The van der Waals surface area contributed by atoms with Gasteiger partial charge < -0.3 is 15.2 Å². The summed E-state index contributed by atoms with van der Waals surface area (Å²) < 4.78 is 6.67. The fraction of sp³-hybridized carbons (Fsp3) is 0.500. The molecule has 3 rings (SSSR count). The molecule has 1 amide bonds. The van der Waals surface area contributed by atoms with Crippen molar-refractivity contribution in [2.75, 3.05) is 18.4 Å². The van der Waals surface area contributed by atoms with Gasteiger partial charge >= 0.3 is 0 Å². The predicted molar refractivity (Wildman–Crippen MR) is 70.4 cm³/mol. The first kappa shape index (κ1) is 12.8.